The van der Waals surface area contributed by atoms with Crippen LogP contribution in [0.4, 0.5) is 4.39 Å². The maximum absolute atomic E-state index is 13.5. The van der Waals surface area contributed by atoms with E-state index in [0.29, 0.717) is 5.75 Å². The van der Waals surface area contributed by atoms with E-state index in [1.807, 2.05) is 10.9 Å². The number of hydrogen-bond donors (Lipinski definition) is 2. The van der Waals surface area contributed by atoms with E-state index < -0.39 is 30.2 Å². The normalized spacial score (nSPS) is 9.89. The average Bonchev–Trinajstić information content (AvgIpc) is 2.69. The minimum atomic E-state index is -0.843. The van der Waals surface area contributed by atoms with Gasteiger partial charge in [-0.3, -0.25) is 20.4 Å². The van der Waals surface area contributed by atoms with Gasteiger partial charge in [0, 0.05) is 6.07 Å². The van der Waals surface area contributed by atoms with E-state index in [2.05, 4.69) is 0 Å². The molecule has 8 nitrogen and oxygen atoms in total. The summed E-state index contributed by atoms with van der Waals surface area (Å²) in [5.41, 5.74) is 3.92. The fraction of sp³-hybridized carbons (Fsp3) is 0.167. The number of benzene rings is 2. The molecule has 0 saturated heterocycles. The van der Waals surface area contributed by atoms with E-state index in [0.717, 1.165) is 6.07 Å². The maximum Gasteiger partial charge on any atom is 0.342 e. The van der Waals surface area contributed by atoms with Crippen LogP contribution >= 0.6 is 0 Å². The Morgan fingerprint density at radius 1 is 0.963 bits per heavy atom. The van der Waals surface area contributed by atoms with Crippen LogP contribution < -0.4 is 20.3 Å². The van der Waals surface area contributed by atoms with E-state index >= 15 is 0 Å². The van der Waals surface area contributed by atoms with Crippen molar-refractivity contribution in [2.75, 3.05) is 20.8 Å². The monoisotopic (exact) mass is 376 g/mol. The molecule has 0 heterocycles. The number of hydrazine groups is 1. The number of amides is 2. The van der Waals surface area contributed by atoms with Gasteiger partial charge in [-0.05, 0) is 24.3 Å². The molecule has 2 rings (SSSR count). The Hall–Kier alpha value is -3.62. The maximum atomic E-state index is 13.5. The number of esters is 1. The van der Waals surface area contributed by atoms with Gasteiger partial charge in [0.2, 0.25) is 0 Å². The number of carbonyl (C=O) groups excluding carboxylic acids is 3. The molecule has 2 N–H and O–H groups in total. The SMILES string of the molecule is COc1ccc(C(=O)OCC(=O)NNC(=O)c2ccccc2F)c(OC)c1. The molecular weight excluding hydrogens is 359 g/mol. The zero-order chi connectivity index (χ0) is 19.8. The minimum Gasteiger partial charge on any atom is -0.497 e. The topological polar surface area (TPSA) is 103 Å². The first-order valence-corrected chi connectivity index (χ1v) is 7.69. The van der Waals surface area contributed by atoms with E-state index in [1.54, 1.807) is 0 Å². The van der Waals surface area contributed by atoms with Crippen LogP contribution in [0.5, 0.6) is 11.5 Å². The Kier molecular flexibility index (Phi) is 6.70. The summed E-state index contributed by atoms with van der Waals surface area (Å²) in [5.74, 6) is -2.48. The van der Waals surface area contributed by atoms with Crippen molar-refractivity contribution in [3.05, 3.63) is 59.4 Å². The standard InChI is InChI=1S/C18H17FN2O6/c1-25-11-7-8-13(15(9-11)26-2)18(24)27-10-16(22)20-21-17(23)12-5-3-4-6-14(12)19/h3-9H,10H2,1-2H3,(H,20,22)(H,21,23). The van der Waals surface area contributed by atoms with Crippen LogP contribution in [0.25, 0.3) is 0 Å². The highest BCUT2D eigenvalue weighted by Gasteiger charge is 2.17. The third-order valence-electron chi connectivity index (χ3n) is 3.40. The first-order chi connectivity index (χ1) is 13.0. The van der Waals surface area contributed by atoms with Crippen molar-refractivity contribution in [2.24, 2.45) is 0 Å². The lowest BCUT2D eigenvalue weighted by molar-refractivity contribution is -0.125. The number of carbonyl (C=O) groups is 3. The average molecular weight is 376 g/mol. The van der Waals surface area contributed by atoms with Gasteiger partial charge in [0.15, 0.2) is 6.61 Å². The molecule has 0 spiro atoms. The summed E-state index contributed by atoms with van der Waals surface area (Å²) in [7, 11) is 2.84. The van der Waals surface area contributed by atoms with E-state index in [-0.39, 0.29) is 16.9 Å². The van der Waals surface area contributed by atoms with Crippen molar-refractivity contribution in [1.29, 1.82) is 0 Å². The second-order valence-corrected chi connectivity index (χ2v) is 5.12. The Morgan fingerprint density at radius 2 is 1.70 bits per heavy atom. The van der Waals surface area contributed by atoms with Gasteiger partial charge in [0.1, 0.15) is 22.9 Å². The molecule has 0 fully saturated rings. The predicted molar refractivity (Wildman–Crippen MR) is 91.8 cm³/mol. The molecule has 0 unspecified atom stereocenters. The number of ether oxygens (including phenoxy) is 3. The van der Waals surface area contributed by atoms with Crippen molar-refractivity contribution in [3.8, 4) is 11.5 Å². The van der Waals surface area contributed by atoms with E-state index in [9.17, 15) is 18.8 Å². The quantitative estimate of drug-likeness (QED) is 0.585. The van der Waals surface area contributed by atoms with Crippen LogP contribution in [0.3, 0.4) is 0 Å². The molecule has 2 amide bonds. The third-order valence-corrected chi connectivity index (χ3v) is 3.40. The Bertz CT molecular complexity index is 855. The third kappa shape index (κ3) is 5.18. The first kappa shape index (κ1) is 19.7. The highest BCUT2D eigenvalue weighted by atomic mass is 19.1. The number of nitrogens with one attached hydrogen (secondary N) is 2. The second-order valence-electron chi connectivity index (χ2n) is 5.12. The molecule has 0 aliphatic heterocycles. The zero-order valence-corrected chi connectivity index (χ0v) is 14.6. The summed E-state index contributed by atoms with van der Waals surface area (Å²) >= 11 is 0. The molecule has 0 radical (unpaired) electrons. The number of halogens is 1. The lowest BCUT2D eigenvalue weighted by Crippen LogP contribution is -2.43. The second kappa shape index (κ2) is 9.18. The van der Waals surface area contributed by atoms with Gasteiger partial charge in [-0.25, -0.2) is 9.18 Å². The van der Waals surface area contributed by atoms with Gasteiger partial charge >= 0.3 is 5.97 Å². The molecular formula is C18H17FN2O6. The number of rotatable bonds is 6. The Labute approximate surface area is 154 Å². The largest absolute Gasteiger partial charge is 0.497 e. The molecule has 2 aromatic carbocycles. The minimum absolute atomic E-state index is 0.0986. The molecule has 27 heavy (non-hydrogen) atoms. The lowest BCUT2D eigenvalue weighted by atomic mass is 10.2. The predicted octanol–water partition coefficient (Wildman–Crippen LogP) is 1.46. The smallest absolute Gasteiger partial charge is 0.342 e. The fourth-order valence-electron chi connectivity index (χ4n) is 2.05. The van der Waals surface area contributed by atoms with Gasteiger partial charge in [0.25, 0.3) is 11.8 Å². The molecule has 0 aliphatic rings. The molecule has 0 atom stereocenters. The summed E-state index contributed by atoms with van der Waals surface area (Å²) in [6.07, 6.45) is 0. The summed E-state index contributed by atoms with van der Waals surface area (Å²) in [6.45, 7) is -0.661. The first-order valence-electron chi connectivity index (χ1n) is 7.69. The zero-order valence-electron chi connectivity index (χ0n) is 14.6. The van der Waals surface area contributed by atoms with Crippen LogP contribution in [0.15, 0.2) is 42.5 Å². The summed E-state index contributed by atoms with van der Waals surface area (Å²) < 4.78 is 28.4. The fourth-order valence-corrected chi connectivity index (χ4v) is 2.05. The molecule has 2 aromatic rings. The molecule has 0 aromatic heterocycles. The van der Waals surface area contributed by atoms with Gasteiger partial charge in [0.05, 0.1) is 19.8 Å². The van der Waals surface area contributed by atoms with Crippen LogP contribution in [0.1, 0.15) is 20.7 Å². The highest BCUT2D eigenvalue weighted by molar-refractivity contribution is 5.96. The van der Waals surface area contributed by atoms with Gasteiger partial charge in [-0.2, -0.15) is 0 Å². The molecule has 0 bridgehead atoms. The van der Waals surface area contributed by atoms with Crippen LogP contribution in [0.2, 0.25) is 0 Å². The van der Waals surface area contributed by atoms with E-state index in [4.69, 9.17) is 14.2 Å². The number of hydrogen-bond acceptors (Lipinski definition) is 6. The van der Waals surface area contributed by atoms with Gasteiger partial charge in [-0.1, -0.05) is 12.1 Å². The van der Waals surface area contributed by atoms with Crippen LogP contribution in [-0.4, -0.2) is 38.6 Å². The Morgan fingerprint density at radius 3 is 2.37 bits per heavy atom. The van der Waals surface area contributed by atoms with Crippen molar-refractivity contribution in [1.82, 2.24) is 10.9 Å². The Balaban J connectivity index is 1.87. The van der Waals surface area contributed by atoms with Crippen molar-refractivity contribution < 1.29 is 33.0 Å². The highest BCUT2D eigenvalue weighted by Crippen LogP contribution is 2.25. The van der Waals surface area contributed by atoms with Crippen molar-refractivity contribution in [2.45, 2.75) is 0 Å². The van der Waals surface area contributed by atoms with Gasteiger partial charge < -0.3 is 14.2 Å². The molecule has 0 aliphatic carbocycles. The summed E-state index contributed by atoms with van der Waals surface area (Å²) in [4.78, 5) is 35.6. The van der Waals surface area contributed by atoms with Gasteiger partial charge in [-0.15, -0.1) is 0 Å². The number of methoxy groups -OCH3 is 2. The van der Waals surface area contributed by atoms with Crippen molar-refractivity contribution >= 4 is 17.8 Å². The summed E-state index contributed by atoms with van der Waals surface area (Å²) in [5, 5.41) is 0. The molecule has 142 valence electrons. The van der Waals surface area contributed by atoms with Crippen LogP contribution in [0, 0.1) is 5.82 Å². The lowest BCUT2D eigenvalue weighted by Gasteiger charge is -2.11. The summed E-state index contributed by atoms with van der Waals surface area (Å²) in [6, 6.07) is 9.73. The van der Waals surface area contributed by atoms with Crippen LogP contribution in [-0.2, 0) is 9.53 Å². The van der Waals surface area contributed by atoms with Crippen molar-refractivity contribution in [3.63, 3.8) is 0 Å². The van der Waals surface area contributed by atoms with E-state index in [1.165, 1.54) is 50.6 Å². The molecule has 9 heteroatoms. The molecule has 0 saturated carbocycles.